The second-order valence-corrected chi connectivity index (χ2v) is 3.84. The van der Waals surface area contributed by atoms with Gasteiger partial charge in [0.05, 0.1) is 12.7 Å². The van der Waals surface area contributed by atoms with Crippen LogP contribution in [0.5, 0.6) is 0 Å². The van der Waals surface area contributed by atoms with Crippen LogP contribution in [0.3, 0.4) is 0 Å². The van der Waals surface area contributed by atoms with Crippen LogP contribution in [-0.4, -0.2) is 41.8 Å². The van der Waals surface area contributed by atoms with Crippen molar-refractivity contribution >= 4 is 5.91 Å². The van der Waals surface area contributed by atoms with Crippen molar-refractivity contribution in [1.82, 2.24) is 4.90 Å². The lowest BCUT2D eigenvalue weighted by Gasteiger charge is -2.29. The summed E-state index contributed by atoms with van der Waals surface area (Å²) in [4.78, 5) is 12.2. The third-order valence-electron chi connectivity index (χ3n) is 2.84. The number of carbonyl (C=O) groups excluding carboxylic acids is 1. The molecule has 0 spiro atoms. The van der Waals surface area contributed by atoms with Crippen molar-refractivity contribution in [1.29, 1.82) is 5.26 Å². The highest BCUT2D eigenvalue weighted by Gasteiger charge is 2.58. The second kappa shape index (κ2) is 4.29. The van der Waals surface area contributed by atoms with E-state index in [1.807, 2.05) is 0 Å². The van der Waals surface area contributed by atoms with Crippen LogP contribution in [0.2, 0.25) is 0 Å². The lowest BCUT2D eigenvalue weighted by atomic mass is 9.87. The average Bonchev–Trinajstić information content (AvgIpc) is 2.62. The Labute approximate surface area is 90.3 Å². The summed E-state index contributed by atoms with van der Waals surface area (Å²) < 4.78 is 38.0. The number of nitrogens with zero attached hydrogens (tertiary/aromatic N) is 2. The largest absolute Gasteiger partial charge is 0.398 e. The van der Waals surface area contributed by atoms with E-state index in [9.17, 15) is 18.0 Å². The molecule has 0 unspecified atom stereocenters. The molecule has 1 rings (SSSR count). The van der Waals surface area contributed by atoms with Crippen LogP contribution in [0.4, 0.5) is 13.2 Å². The Morgan fingerprint density at radius 1 is 1.56 bits per heavy atom. The number of alkyl halides is 3. The van der Waals surface area contributed by atoms with Crippen LogP contribution in [0.25, 0.3) is 0 Å². The number of halogens is 3. The number of carbonyl (C=O) groups is 1. The molecule has 1 heterocycles. The van der Waals surface area contributed by atoms with Crippen molar-refractivity contribution in [3.8, 4) is 6.07 Å². The zero-order valence-electron chi connectivity index (χ0n) is 8.42. The molecule has 0 aromatic carbocycles. The molecule has 1 N–H and O–H groups in total. The van der Waals surface area contributed by atoms with Gasteiger partial charge in [0.25, 0.3) is 0 Å². The average molecular weight is 236 g/mol. The molecule has 0 aliphatic carbocycles. The molecular weight excluding hydrogens is 225 g/mol. The maximum atomic E-state index is 12.7. The van der Waals surface area contributed by atoms with E-state index in [-0.39, 0.29) is 13.0 Å². The monoisotopic (exact) mass is 236 g/mol. The first kappa shape index (κ1) is 12.8. The van der Waals surface area contributed by atoms with Crippen LogP contribution in [0, 0.1) is 16.7 Å². The van der Waals surface area contributed by atoms with Gasteiger partial charge >= 0.3 is 6.18 Å². The van der Waals surface area contributed by atoms with E-state index in [1.54, 1.807) is 6.07 Å². The van der Waals surface area contributed by atoms with Gasteiger partial charge in [0.1, 0.15) is 11.8 Å². The minimum absolute atomic E-state index is 0.0689. The Morgan fingerprint density at radius 2 is 2.19 bits per heavy atom. The number of aliphatic hydroxyl groups excluding tert-OH is 1. The van der Waals surface area contributed by atoms with Gasteiger partial charge in [-0.15, -0.1) is 0 Å². The minimum atomic E-state index is -4.54. The van der Waals surface area contributed by atoms with Gasteiger partial charge in [0.2, 0.25) is 5.91 Å². The Kier molecular flexibility index (Phi) is 3.43. The number of amides is 1. The highest BCUT2D eigenvalue weighted by atomic mass is 19.4. The predicted octanol–water partition coefficient (Wildman–Crippen LogP) is 0.673. The smallest absolute Gasteiger partial charge is 0.395 e. The Morgan fingerprint density at radius 3 is 2.56 bits per heavy atom. The molecule has 1 fully saturated rings. The molecule has 90 valence electrons. The van der Waals surface area contributed by atoms with Crippen molar-refractivity contribution < 1.29 is 23.1 Å². The molecule has 4 nitrogen and oxygen atoms in total. The van der Waals surface area contributed by atoms with Gasteiger partial charge in [0.15, 0.2) is 0 Å². The Bertz CT molecular complexity index is 324. The first-order chi connectivity index (χ1) is 7.36. The summed E-state index contributed by atoms with van der Waals surface area (Å²) in [5.74, 6) is -0.623. The zero-order valence-corrected chi connectivity index (χ0v) is 8.42. The molecule has 1 amide bonds. The summed E-state index contributed by atoms with van der Waals surface area (Å²) in [5, 5.41) is 17.1. The molecule has 1 atom stereocenters. The first-order valence-electron chi connectivity index (χ1n) is 4.68. The quantitative estimate of drug-likeness (QED) is 0.766. The number of nitriles is 1. The molecule has 0 saturated carbocycles. The fourth-order valence-corrected chi connectivity index (χ4v) is 1.71. The molecule has 0 bridgehead atoms. The van der Waals surface area contributed by atoms with Crippen molar-refractivity contribution in [3.05, 3.63) is 0 Å². The maximum absolute atomic E-state index is 12.7. The van der Waals surface area contributed by atoms with E-state index in [0.29, 0.717) is 0 Å². The summed E-state index contributed by atoms with van der Waals surface area (Å²) in [7, 11) is 0. The lowest BCUT2D eigenvalue weighted by molar-refractivity contribution is -0.230. The number of hydrogen-bond donors (Lipinski definition) is 1. The molecule has 7 heteroatoms. The van der Waals surface area contributed by atoms with E-state index in [1.165, 1.54) is 0 Å². The van der Waals surface area contributed by atoms with Gasteiger partial charge in [-0.25, -0.2) is 0 Å². The number of rotatable bonds is 2. The second-order valence-electron chi connectivity index (χ2n) is 3.84. The van der Waals surface area contributed by atoms with E-state index < -0.39 is 37.1 Å². The highest BCUT2D eigenvalue weighted by molar-refractivity contribution is 5.78. The molecule has 0 aromatic rings. The van der Waals surface area contributed by atoms with Crippen LogP contribution in [0.1, 0.15) is 12.8 Å². The molecule has 16 heavy (non-hydrogen) atoms. The van der Waals surface area contributed by atoms with E-state index >= 15 is 0 Å². The summed E-state index contributed by atoms with van der Waals surface area (Å²) in [6, 6.07) is 1.59. The third-order valence-corrected chi connectivity index (χ3v) is 2.84. The molecule has 1 aliphatic heterocycles. The van der Waals surface area contributed by atoms with E-state index in [0.717, 1.165) is 4.90 Å². The standard InChI is InChI=1S/C9H11F3N2O2/c10-9(11,12)8(6-15)2-4-14(5-8)7(16)1-3-13/h15H,1-2,4-6H2/t8-/m0/s1. The van der Waals surface area contributed by atoms with Crippen LogP contribution < -0.4 is 0 Å². The predicted molar refractivity (Wildman–Crippen MR) is 47.0 cm³/mol. The van der Waals surface area contributed by atoms with Crippen LogP contribution in [0.15, 0.2) is 0 Å². The van der Waals surface area contributed by atoms with Gasteiger partial charge in [0, 0.05) is 13.1 Å². The maximum Gasteiger partial charge on any atom is 0.398 e. The van der Waals surface area contributed by atoms with Gasteiger partial charge in [-0.3, -0.25) is 4.79 Å². The van der Waals surface area contributed by atoms with Gasteiger partial charge in [-0.2, -0.15) is 18.4 Å². The third kappa shape index (κ3) is 2.11. The van der Waals surface area contributed by atoms with E-state index in [4.69, 9.17) is 10.4 Å². The zero-order chi connectivity index (χ0) is 12.4. The van der Waals surface area contributed by atoms with Gasteiger partial charge in [-0.1, -0.05) is 0 Å². The van der Waals surface area contributed by atoms with Gasteiger partial charge in [-0.05, 0) is 6.42 Å². The Hall–Kier alpha value is -1.29. The van der Waals surface area contributed by atoms with Crippen molar-refractivity contribution in [3.63, 3.8) is 0 Å². The molecule has 1 aliphatic rings. The SMILES string of the molecule is N#CCC(=O)N1CC[C@](CO)(C(F)(F)F)C1. The summed E-state index contributed by atoms with van der Waals surface area (Å²) in [6.45, 7) is -1.67. The lowest BCUT2D eigenvalue weighted by Crippen LogP contribution is -2.44. The normalized spacial score (nSPS) is 25.6. The molecule has 1 saturated heterocycles. The van der Waals surface area contributed by atoms with Crippen LogP contribution in [-0.2, 0) is 4.79 Å². The minimum Gasteiger partial charge on any atom is -0.395 e. The molecule has 0 aromatic heterocycles. The molecular formula is C9H11F3N2O2. The number of likely N-dealkylation sites (tertiary alicyclic amines) is 1. The summed E-state index contributed by atoms with van der Waals surface area (Å²) in [6.07, 6.45) is -5.28. The van der Waals surface area contributed by atoms with Gasteiger partial charge < -0.3 is 10.0 Å². The van der Waals surface area contributed by atoms with Crippen molar-refractivity contribution in [2.45, 2.75) is 19.0 Å². The number of aliphatic hydroxyl groups is 1. The Balaban J connectivity index is 2.77. The fourth-order valence-electron chi connectivity index (χ4n) is 1.71. The van der Waals surface area contributed by atoms with Crippen molar-refractivity contribution in [2.75, 3.05) is 19.7 Å². The fraction of sp³-hybridized carbons (Fsp3) is 0.778. The molecule has 0 radical (unpaired) electrons. The van der Waals surface area contributed by atoms with Crippen molar-refractivity contribution in [2.24, 2.45) is 5.41 Å². The topological polar surface area (TPSA) is 64.3 Å². The van der Waals surface area contributed by atoms with Crippen LogP contribution >= 0.6 is 0 Å². The van der Waals surface area contributed by atoms with E-state index in [2.05, 4.69) is 0 Å². The highest BCUT2D eigenvalue weighted by Crippen LogP contribution is 2.45. The first-order valence-corrected chi connectivity index (χ1v) is 4.68. The summed E-state index contributed by atoms with van der Waals surface area (Å²) in [5.41, 5.74) is -2.22. The summed E-state index contributed by atoms with van der Waals surface area (Å²) >= 11 is 0. The number of hydrogen-bond acceptors (Lipinski definition) is 3.